The highest BCUT2D eigenvalue weighted by molar-refractivity contribution is 5.15. The van der Waals surface area contributed by atoms with Gasteiger partial charge >= 0.3 is 0 Å². The van der Waals surface area contributed by atoms with E-state index >= 15 is 0 Å². The summed E-state index contributed by atoms with van der Waals surface area (Å²) in [7, 11) is 0. The summed E-state index contributed by atoms with van der Waals surface area (Å²) in [5, 5.41) is 10.2. The van der Waals surface area contributed by atoms with Gasteiger partial charge < -0.3 is 4.84 Å². The molecular weight excluding hydrogens is 218 g/mol. The highest BCUT2D eigenvalue weighted by Gasteiger charge is 2.65. The summed E-state index contributed by atoms with van der Waals surface area (Å²) < 4.78 is 0. The average molecular weight is 239 g/mol. The van der Waals surface area contributed by atoms with Crippen molar-refractivity contribution in [1.82, 2.24) is 0 Å². The first-order chi connectivity index (χ1) is 7.66. The molecule has 0 radical (unpaired) electrons. The molecule has 4 heteroatoms. The van der Waals surface area contributed by atoms with Gasteiger partial charge in [0.25, 0.3) is 5.09 Å². The van der Waals surface area contributed by atoms with Crippen molar-refractivity contribution in [3.05, 3.63) is 10.1 Å². The fourth-order valence-electron chi connectivity index (χ4n) is 6.43. The second kappa shape index (κ2) is 2.78. The van der Waals surface area contributed by atoms with E-state index in [1.165, 1.54) is 19.3 Å². The molecule has 0 aromatic carbocycles. The largest absolute Gasteiger partial charge is 0.307 e. The molecular formula is C13H21NO3. The van der Waals surface area contributed by atoms with Gasteiger partial charge in [-0.15, -0.1) is 10.1 Å². The minimum Gasteiger partial charge on any atom is -0.307 e. The highest BCUT2D eigenvalue weighted by Crippen LogP contribution is 2.71. The molecule has 4 nitrogen and oxygen atoms in total. The molecule has 0 saturated heterocycles. The Morgan fingerprint density at radius 1 is 0.882 bits per heavy atom. The second-order valence-electron chi connectivity index (χ2n) is 7.99. The van der Waals surface area contributed by atoms with E-state index in [1.54, 1.807) is 0 Å². The van der Waals surface area contributed by atoms with Gasteiger partial charge in [-0.25, -0.2) is 0 Å². The van der Waals surface area contributed by atoms with Crippen molar-refractivity contribution in [2.75, 3.05) is 0 Å². The molecule has 0 spiro atoms. The lowest BCUT2D eigenvalue weighted by atomic mass is 9.39. The van der Waals surface area contributed by atoms with Gasteiger partial charge in [-0.2, -0.15) is 0 Å². The van der Waals surface area contributed by atoms with E-state index in [0.29, 0.717) is 0 Å². The first-order valence-corrected chi connectivity index (χ1v) is 6.49. The third kappa shape index (κ3) is 1.64. The van der Waals surface area contributed by atoms with Gasteiger partial charge in [-0.3, -0.25) is 0 Å². The van der Waals surface area contributed by atoms with Crippen LogP contribution in [0.3, 0.4) is 0 Å². The van der Waals surface area contributed by atoms with Crippen molar-refractivity contribution in [3.63, 3.8) is 0 Å². The fourth-order valence-corrected chi connectivity index (χ4v) is 6.43. The van der Waals surface area contributed by atoms with Gasteiger partial charge in [0, 0.05) is 0 Å². The Hall–Kier alpha value is -0.800. The van der Waals surface area contributed by atoms with Crippen molar-refractivity contribution in [2.24, 2.45) is 16.2 Å². The average Bonchev–Trinajstić information content (AvgIpc) is 1.87. The monoisotopic (exact) mass is 239 g/mol. The van der Waals surface area contributed by atoms with Gasteiger partial charge in [0.2, 0.25) is 0 Å². The molecule has 4 aliphatic rings. The summed E-state index contributed by atoms with van der Waals surface area (Å²) in [6, 6.07) is 0. The van der Waals surface area contributed by atoms with E-state index < -0.39 is 10.7 Å². The van der Waals surface area contributed by atoms with Crippen LogP contribution in [0.5, 0.6) is 0 Å². The Balaban J connectivity index is 2.01. The van der Waals surface area contributed by atoms with Crippen LogP contribution < -0.4 is 0 Å². The van der Waals surface area contributed by atoms with E-state index in [0.717, 1.165) is 19.3 Å². The topological polar surface area (TPSA) is 52.4 Å². The Bertz CT molecular complexity index is 339. The van der Waals surface area contributed by atoms with Gasteiger partial charge in [-0.1, -0.05) is 20.8 Å². The van der Waals surface area contributed by atoms with Crippen LogP contribution in [0.2, 0.25) is 0 Å². The molecule has 0 heterocycles. The van der Waals surface area contributed by atoms with Crippen LogP contribution >= 0.6 is 0 Å². The van der Waals surface area contributed by atoms with Crippen molar-refractivity contribution >= 4 is 0 Å². The molecule has 0 aromatic rings. The smallest absolute Gasteiger partial charge is 0.295 e. The maximum atomic E-state index is 10.8. The molecule has 4 aliphatic carbocycles. The van der Waals surface area contributed by atoms with E-state index in [9.17, 15) is 10.1 Å². The molecule has 4 saturated carbocycles. The van der Waals surface area contributed by atoms with E-state index in [1.807, 2.05) is 0 Å². The molecule has 4 bridgehead atoms. The molecule has 0 aliphatic heterocycles. The Morgan fingerprint density at radius 3 is 1.53 bits per heavy atom. The Labute approximate surface area is 102 Å². The summed E-state index contributed by atoms with van der Waals surface area (Å²) in [6.45, 7) is 6.87. The summed E-state index contributed by atoms with van der Waals surface area (Å²) in [5.74, 6) is 0. The number of hydrogen-bond acceptors (Lipinski definition) is 3. The van der Waals surface area contributed by atoms with Crippen molar-refractivity contribution in [3.8, 4) is 0 Å². The third-order valence-corrected chi connectivity index (χ3v) is 5.08. The molecule has 0 unspecified atom stereocenters. The maximum absolute atomic E-state index is 10.8. The zero-order valence-corrected chi connectivity index (χ0v) is 10.9. The molecule has 4 fully saturated rings. The summed E-state index contributed by atoms with van der Waals surface area (Å²) >= 11 is 0. The van der Waals surface area contributed by atoms with Crippen LogP contribution in [-0.4, -0.2) is 10.7 Å². The Morgan fingerprint density at radius 2 is 1.24 bits per heavy atom. The molecule has 17 heavy (non-hydrogen) atoms. The zero-order valence-electron chi connectivity index (χ0n) is 10.9. The summed E-state index contributed by atoms with van der Waals surface area (Å²) in [5.41, 5.74) is 0.243. The summed E-state index contributed by atoms with van der Waals surface area (Å²) in [6.07, 6.45) is 6.22. The van der Waals surface area contributed by atoms with Crippen molar-refractivity contribution in [1.29, 1.82) is 0 Å². The standard InChI is InChI=1S/C13H21NO3/c1-10-4-11(2)6-12(3,5-10)9-13(7-10,8-11)17-14(15)16/h4-9H2,1-3H3. The van der Waals surface area contributed by atoms with E-state index in [4.69, 9.17) is 4.84 Å². The summed E-state index contributed by atoms with van der Waals surface area (Å²) in [4.78, 5) is 15.9. The van der Waals surface area contributed by atoms with Crippen LogP contribution in [-0.2, 0) is 4.84 Å². The molecule has 4 rings (SSSR count). The SMILES string of the molecule is CC12CC3(C)CC(C)(C1)CC(O[N+](=O)[O-])(C2)C3. The predicted molar refractivity (Wildman–Crippen MR) is 62.8 cm³/mol. The van der Waals surface area contributed by atoms with Gasteiger partial charge in [0.05, 0.1) is 0 Å². The number of hydrogen-bond donors (Lipinski definition) is 0. The number of rotatable bonds is 2. The number of nitrogens with zero attached hydrogens (tertiary/aromatic N) is 1. The zero-order chi connectivity index (χ0) is 12.5. The van der Waals surface area contributed by atoms with Crippen LogP contribution in [0.4, 0.5) is 0 Å². The quantitative estimate of drug-likeness (QED) is 0.548. The first kappa shape index (κ1) is 11.3. The highest BCUT2D eigenvalue weighted by atomic mass is 17.0. The van der Waals surface area contributed by atoms with E-state index in [2.05, 4.69) is 20.8 Å². The first-order valence-electron chi connectivity index (χ1n) is 6.49. The normalized spacial score (nSPS) is 55.9. The van der Waals surface area contributed by atoms with Gasteiger partial charge in [-0.05, 0) is 54.8 Å². The van der Waals surface area contributed by atoms with Gasteiger partial charge in [0.1, 0.15) is 5.60 Å². The molecule has 0 aromatic heterocycles. The van der Waals surface area contributed by atoms with Crippen LogP contribution in [0, 0.1) is 26.4 Å². The minimum atomic E-state index is -0.566. The lowest BCUT2D eigenvalue weighted by molar-refractivity contribution is -0.786. The minimum absolute atomic E-state index is 0.244. The predicted octanol–water partition coefficient (Wildman–Crippen LogP) is 3.33. The lowest BCUT2D eigenvalue weighted by Crippen LogP contribution is -2.63. The molecule has 0 atom stereocenters. The molecule has 0 N–H and O–H groups in total. The van der Waals surface area contributed by atoms with Crippen LogP contribution in [0.25, 0.3) is 0 Å². The van der Waals surface area contributed by atoms with Crippen LogP contribution in [0.15, 0.2) is 0 Å². The van der Waals surface area contributed by atoms with Crippen molar-refractivity contribution in [2.45, 2.75) is 64.9 Å². The van der Waals surface area contributed by atoms with Crippen molar-refractivity contribution < 1.29 is 9.92 Å². The second-order valence-corrected chi connectivity index (χ2v) is 7.99. The van der Waals surface area contributed by atoms with Crippen LogP contribution in [0.1, 0.15) is 59.3 Å². The lowest BCUT2D eigenvalue weighted by Gasteiger charge is -2.67. The molecule has 0 amide bonds. The third-order valence-electron chi connectivity index (χ3n) is 5.08. The fraction of sp³-hybridized carbons (Fsp3) is 1.00. The maximum Gasteiger partial charge on any atom is 0.295 e. The van der Waals surface area contributed by atoms with Gasteiger partial charge in [0.15, 0.2) is 0 Å². The molecule has 96 valence electrons. The van der Waals surface area contributed by atoms with E-state index in [-0.39, 0.29) is 16.2 Å². The Kier molecular flexibility index (Phi) is 1.85.